The molecule has 0 aromatic carbocycles. The number of ether oxygens (including phenoxy) is 1. The average molecular weight is 226 g/mol. The number of hydrogen-bond acceptors (Lipinski definition) is 3. The molecule has 2 N–H and O–H groups in total. The van der Waals surface area contributed by atoms with Crippen molar-refractivity contribution in [2.24, 2.45) is 5.73 Å². The predicted molar refractivity (Wildman–Crippen MR) is 66.5 cm³/mol. The van der Waals surface area contributed by atoms with E-state index in [1.54, 1.807) is 0 Å². The smallest absolute Gasteiger partial charge is 0.0484 e. The monoisotopic (exact) mass is 226 g/mol. The van der Waals surface area contributed by atoms with Crippen LogP contribution in [-0.2, 0) is 4.74 Å². The van der Waals surface area contributed by atoms with E-state index < -0.39 is 0 Å². The van der Waals surface area contributed by atoms with E-state index >= 15 is 0 Å². The molecule has 0 atom stereocenters. The normalized spacial score (nSPS) is 28.3. The molecule has 0 amide bonds. The number of nitrogens with zero attached hydrogens (tertiary/aromatic N) is 1. The van der Waals surface area contributed by atoms with Gasteiger partial charge in [0, 0.05) is 25.3 Å². The SMILES string of the molecule is NCC1(N2CCCCCCC2)CCOCC1. The molecule has 16 heavy (non-hydrogen) atoms. The molecule has 0 aliphatic carbocycles. The van der Waals surface area contributed by atoms with Crippen LogP contribution >= 0.6 is 0 Å². The minimum Gasteiger partial charge on any atom is -0.381 e. The molecule has 2 aliphatic rings. The Hall–Kier alpha value is -0.120. The highest BCUT2D eigenvalue weighted by Crippen LogP contribution is 2.29. The van der Waals surface area contributed by atoms with Crippen LogP contribution in [0.5, 0.6) is 0 Å². The van der Waals surface area contributed by atoms with Gasteiger partial charge in [0.25, 0.3) is 0 Å². The Morgan fingerprint density at radius 2 is 1.50 bits per heavy atom. The second-order valence-electron chi connectivity index (χ2n) is 5.30. The Kier molecular flexibility index (Phi) is 4.62. The molecular formula is C13H26N2O. The molecule has 0 aromatic heterocycles. The predicted octanol–water partition coefficient (Wildman–Crippen LogP) is 1.76. The second-order valence-corrected chi connectivity index (χ2v) is 5.30. The maximum absolute atomic E-state index is 6.06. The summed E-state index contributed by atoms with van der Waals surface area (Å²) in [4.78, 5) is 2.68. The van der Waals surface area contributed by atoms with Crippen molar-refractivity contribution in [3.63, 3.8) is 0 Å². The van der Waals surface area contributed by atoms with E-state index in [1.165, 1.54) is 45.2 Å². The first-order valence-electron chi connectivity index (χ1n) is 6.90. The lowest BCUT2D eigenvalue weighted by atomic mass is 9.87. The van der Waals surface area contributed by atoms with Gasteiger partial charge >= 0.3 is 0 Å². The van der Waals surface area contributed by atoms with Gasteiger partial charge in [-0.2, -0.15) is 0 Å². The molecule has 2 fully saturated rings. The van der Waals surface area contributed by atoms with Crippen LogP contribution in [0.3, 0.4) is 0 Å². The molecule has 2 rings (SSSR count). The highest BCUT2D eigenvalue weighted by atomic mass is 16.5. The van der Waals surface area contributed by atoms with Crippen LogP contribution in [0.4, 0.5) is 0 Å². The van der Waals surface area contributed by atoms with Gasteiger partial charge in [0.2, 0.25) is 0 Å². The first kappa shape index (κ1) is 12.3. The van der Waals surface area contributed by atoms with Crippen molar-refractivity contribution in [3.05, 3.63) is 0 Å². The fraction of sp³-hybridized carbons (Fsp3) is 1.00. The van der Waals surface area contributed by atoms with Gasteiger partial charge < -0.3 is 10.5 Å². The highest BCUT2D eigenvalue weighted by Gasteiger charge is 2.36. The maximum atomic E-state index is 6.06. The lowest BCUT2D eigenvalue weighted by molar-refractivity contribution is -0.0271. The fourth-order valence-corrected chi connectivity index (χ4v) is 3.12. The van der Waals surface area contributed by atoms with Gasteiger partial charge in [0.05, 0.1) is 0 Å². The first-order valence-corrected chi connectivity index (χ1v) is 6.90. The van der Waals surface area contributed by atoms with Crippen molar-refractivity contribution in [1.82, 2.24) is 4.90 Å². The van der Waals surface area contributed by atoms with Crippen molar-refractivity contribution in [3.8, 4) is 0 Å². The summed E-state index contributed by atoms with van der Waals surface area (Å²) < 4.78 is 5.49. The lowest BCUT2D eigenvalue weighted by Crippen LogP contribution is -2.57. The molecule has 0 spiro atoms. The number of likely N-dealkylation sites (tertiary alicyclic amines) is 1. The van der Waals surface area contributed by atoms with Crippen molar-refractivity contribution in [2.75, 3.05) is 32.8 Å². The molecule has 0 saturated carbocycles. The largest absolute Gasteiger partial charge is 0.381 e. The van der Waals surface area contributed by atoms with Crippen LogP contribution in [-0.4, -0.2) is 43.3 Å². The maximum Gasteiger partial charge on any atom is 0.0484 e. The Balaban J connectivity index is 1.99. The van der Waals surface area contributed by atoms with Crippen molar-refractivity contribution < 1.29 is 4.74 Å². The van der Waals surface area contributed by atoms with Crippen molar-refractivity contribution in [1.29, 1.82) is 0 Å². The van der Waals surface area contributed by atoms with E-state index in [1.807, 2.05) is 0 Å². The van der Waals surface area contributed by atoms with Crippen molar-refractivity contribution in [2.45, 2.75) is 50.5 Å². The minimum atomic E-state index is 0.260. The summed E-state index contributed by atoms with van der Waals surface area (Å²) >= 11 is 0. The summed E-state index contributed by atoms with van der Waals surface area (Å²) in [6.45, 7) is 5.09. The Bertz CT molecular complexity index is 194. The van der Waals surface area contributed by atoms with Gasteiger partial charge in [-0.3, -0.25) is 4.90 Å². The molecule has 0 aromatic rings. The van der Waals surface area contributed by atoms with Gasteiger partial charge in [0.15, 0.2) is 0 Å². The molecule has 0 unspecified atom stereocenters. The summed E-state index contributed by atoms with van der Waals surface area (Å²) in [6.07, 6.45) is 9.17. The zero-order valence-electron chi connectivity index (χ0n) is 10.4. The Morgan fingerprint density at radius 1 is 0.938 bits per heavy atom. The number of hydrogen-bond donors (Lipinski definition) is 1. The van der Waals surface area contributed by atoms with Gasteiger partial charge in [-0.1, -0.05) is 19.3 Å². The van der Waals surface area contributed by atoms with Crippen LogP contribution in [0.2, 0.25) is 0 Å². The Labute approximate surface area is 99.3 Å². The molecular weight excluding hydrogens is 200 g/mol. The topological polar surface area (TPSA) is 38.5 Å². The standard InChI is InChI=1S/C13H26N2O/c14-12-13(6-10-16-11-7-13)15-8-4-2-1-3-5-9-15/h1-12,14H2. The second kappa shape index (κ2) is 5.99. The van der Waals surface area contributed by atoms with Gasteiger partial charge in [-0.15, -0.1) is 0 Å². The quantitative estimate of drug-likeness (QED) is 0.780. The van der Waals surface area contributed by atoms with Crippen LogP contribution in [0.25, 0.3) is 0 Å². The van der Waals surface area contributed by atoms with E-state index in [0.717, 1.165) is 32.6 Å². The molecule has 94 valence electrons. The first-order chi connectivity index (χ1) is 7.87. The van der Waals surface area contributed by atoms with Gasteiger partial charge in [0.1, 0.15) is 0 Å². The van der Waals surface area contributed by atoms with E-state index in [2.05, 4.69) is 4.90 Å². The van der Waals surface area contributed by atoms with Crippen LogP contribution in [0, 0.1) is 0 Å². The zero-order chi connectivity index (χ0) is 11.3. The molecule has 0 radical (unpaired) electrons. The average Bonchev–Trinajstić information content (AvgIpc) is 2.29. The third kappa shape index (κ3) is 2.76. The fourth-order valence-electron chi connectivity index (χ4n) is 3.12. The van der Waals surface area contributed by atoms with E-state index in [-0.39, 0.29) is 5.54 Å². The molecule has 3 nitrogen and oxygen atoms in total. The molecule has 2 heterocycles. The van der Waals surface area contributed by atoms with E-state index in [0.29, 0.717) is 0 Å². The summed E-state index contributed by atoms with van der Waals surface area (Å²) in [5.41, 5.74) is 6.32. The van der Waals surface area contributed by atoms with Crippen LogP contribution in [0.15, 0.2) is 0 Å². The number of nitrogens with two attached hydrogens (primary N) is 1. The Morgan fingerprint density at radius 3 is 2.06 bits per heavy atom. The summed E-state index contributed by atoms with van der Waals surface area (Å²) in [7, 11) is 0. The number of rotatable bonds is 2. The third-order valence-electron chi connectivity index (χ3n) is 4.33. The molecule has 2 aliphatic heterocycles. The summed E-state index contributed by atoms with van der Waals surface area (Å²) in [5.74, 6) is 0. The third-order valence-corrected chi connectivity index (χ3v) is 4.33. The lowest BCUT2D eigenvalue weighted by Gasteiger charge is -2.46. The van der Waals surface area contributed by atoms with E-state index in [4.69, 9.17) is 10.5 Å². The molecule has 3 heteroatoms. The molecule has 2 saturated heterocycles. The van der Waals surface area contributed by atoms with Gasteiger partial charge in [-0.05, 0) is 38.8 Å². The van der Waals surface area contributed by atoms with Crippen molar-refractivity contribution >= 4 is 0 Å². The highest BCUT2D eigenvalue weighted by molar-refractivity contribution is 4.93. The zero-order valence-corrected chi connectivity index (χ0v) is 10.4. The summed E-state index contributed by atoms with van der Waals surface area (Å²) in [5, 5.41) is 0. The molecule has 0 bridgehead atoms. The van der Waals surface area contributed by atoms with Crippen LogP contribution in [0.1, 0.15) is 44.9 Å². The minimum absolute atomic E-state index is 0.260. The van der Waals surface area contributed by atoms with Gasteiger partial charge in [-0.25, -0.2) is 0 Å². The van der Waals surface area contributed by atoms with E-state index in [9.17, 15) is 0 Å². The summed E-state index contributed by atoms with van der Waals surface area (Å²) in [6, 6.07) is 0. The van der Waals surface area contributed by atoms with Crippen LogP contribution < -0.4 is 5.73 Å².